The van der Waals surface area contributed by atoms with Crippen LogP contribution >= 0.6 is 22.6 Å². The molecule has 0 saturated heterocycles. The first-order valence-corrected chi connectivity index (χ1v) is 6.13. The molecule has 0 amide bonds. The highest BCUT2D eigenvalue weighted by atomic mass is 127. The molecular weight excluding hydrogens is 349 g/mol. The van der Waals surface area contributed by atoms with Crippen molar-refractivity contribution in [3.63, 3.8) is 0 Å². The van der Waals surface area contributed by atoms with Gasteiger partial charge in [0.2, 0.25) is 0 Å². The van der Waals surface area contributed by atoms with Crippen molar-refractivity contribution in [1.82, 2.24) is 4.57 Å². The number of nitrogens with zero attached hydrogens (tertiary/aromatic N) is 1. The van der Waals surface area contributed by atoms with Gasteiger partial charge in [0, 0.05) is 34.7 Å². The first kappa shape index (κ1) is 12.8. The second-order valence-electron chi connectivity index (χ2n) is 3.40. The molecule has 0 spiro atoms. The van der Waals surface area contributed by atoms with Crippen molar-refractivity contribution >= 4 is 33.7 Å². The summed E-state index contributed by atoms with van der Waals surface area (Å²) in [5, 5.41) is 0. The van der Waals surface area contributed by atoms with Gasteiger partial charge in [0.05, 0.1) is 26.3 Å². The molecule has 5 nitrogen and oxygen atoms in total. The zero-order chi connectivity index (χ0) is 13.1. The predicted molar refractivity (Wildman–Crippen MR) is 75.4 cm³/mol. The van der Waals surface area contributed by atoms with E-state index in [0.717, 1.165) is 0 Å². The quantitative estimate of drug-likeness (QED) is 0.622. The van der Waals surface area contributed by atoms with Crippen LogP contribution in [0.2, 0.25) is 0 Å². The molecule has 0 aliphatic heterocycles. The molecule has 2 rings (SSSR count). The third kappa shape index (κ3) is 2.18. The van der Waals surface area contributed by atoms with Crippen LogP contribution in [-0.2, 0) is 6.54 Å². The molecule has 18 heavy (non-hydrogen) atoms. The van der Waals surface area contributed by atoms with Crippen LogP contribution in [0.3, 0.4) is 0 Å². The maximum Gasteiger partial charge on any atom is 0.420 e. The highest BCUT2D eigenvalue weighted by molar-refractivity contribution is 14.1. The topological polar surface area (TPSA) is 53.6 Å². The molecule has 0 atom stereocenters. The summed E-state index contributed by atoms with van der Waals surface area (Å²) in [5.41, 5.74) is 1.09. The molecule has 0 saturated carbocycles. The Hall–Kier alpha value is -1.62. The van der Waals surface area contributed by atoms with Crippen molar-refractivity contribution in [3.05, 3.63) is 22.7 Å². The van der Waals surface area contributed by atoms with E-state index in [2.05, 4.69) is 9.85 Å². The number of ether oxygens (including phenoxy) is 2. The van der Waals surface area contributed by atoms with Crippen LogP contribution in [0.1, 0.15) is 0 Å². The Labute approximate surface area is 117 Å². The van der Waals surface area contributed by atoms with E-state index in [0.29, 0.717) is 22.6 Å². The number of halogens is 1. The van der Waals surface area contributed by atoms with Crippen LogP contribution in [0.4, 0.5) is 0 Å². The van der Waals surface area contributed by atoms with E-state index >= 15 is 0 Å². The minimum absolute atomic E-state index is 0.282. The van der Waals surface area contributed by atoms with Gasteiger partial charge < -0.3 is 13.9 Å². The molecular formula is C12H10INO4. The largest absolute Gasteiger partial charge is 0.493 e. The molecule has 0 bridgehead atoms. The SMILES string of the molecule is COc1cc2oc(=O)n(CC#CI)c2cc1OC. The normalized spacial score (nSPS) is 9.94. The van der Waals surface area contributed by atoms with E-state index in [9.17, 15) is 4.79 Å². The highest BCUT2D eigenvalue weighted by Crippen LogP contribution is 2.31. The lowest BCUT2D eigenvalue weighted by atomic mass is 10.3. The predicted octanol–water partition coefficient (Wildman–Crippen LogP) is 2.01. The summed E-state index contributed by atoms with van der Waals surface area (Å²) < 4.78 is 19.6. The van der Waals surface area contributed by atoms with E-state index in [1.807, 2.05) is 22.6 Å². The number of methoxy groups -OCH3 is 2. The molecule has 1 heterocycles. The van der Waals surface area contributed by atoms with Crippen LogP contribution in [0.15, 0.2) is 21.3 Å². The first-order valence-electron chi connectivity index (χ1n) is 5.05. The molecule has 2 aromatic rings. The van der Waals surface area contributed by atoms with E-state index in [1.54, 1.807) is 12.1 Å². The lowest BCUT2D eigenvalue weighted by Crippen LogP contribution is -2.13. The van der Waals surface area contributed by atoms with E-state index < -0.39 is 5.76 Å². The fourth-order valence-corrected chi connectivity index (χ4v) is 1.82. The fraction of sp³-hybridized carbons (Fsp3) is 0.250. The standard InChI is InChI=1S/C12H10INO4/c1-16-10-6-8-9(7-11(10)17-2)18-12(15)14(8)5-3-4-13/h6-7H,5H2,1-2H3. The summed E-state index contributed by atoms with van der Waals surface area (Å²) in [5.74, 6) is 3.44. The Bertz CT molecular complexity index is 690. The Morgan fingerprint density at radius 2 is 2.00 bits per heavy atom. The van der Waals surface area contributed by atoms with Gasteiger partial charge in [-0.15, -0.1) is 0 Å². The van der Waals surface area contributed by atoms with Gasteiger partial charge in [0.1, 0.15) is 0 Å². The number of hydrogen-bond donors (Lipinski definition) is 0. The third-order valence-corrected chi connectivity index (χ3v) is 2.86. The zero-order valence-corrected chi connectivity index (χ0v) is 12.0. The van der Waals surface area contributed by atoms with Crippen molar-refractivity contribution in [2.45, 2.75) is 6.54 Å². The number of oxazole rings is 1. The van der Waals surface area contributed by atoms with Crippen LogP contribution in [0.25, 0.3) is 11.1 Å². The first-order chi connectivity index (χ1) is 8.71. The Balaban J connectivity index is 2.68. The molecule has 6 heteroatoms. The van der Waals surface area contributed by atoms with E-state index in [1.165, 1.54) is 18.8 Å². The molecule has 0 aliphatic carbocycles. The number of aromatic nitrogens is 1. The highest BCUT2D eigenvalue weighted by Gasteiger charge is 2.13. The number of benzene rings is 1. The second-order valence-corrected chi connectivity index (χ2v) is 3.94. The van der Waals surface area contributed by atoms with Crippen molar-refractivity contribution < 1.29 is 13.9 Å². The summed E-state index contributed by atoms with van der Waals surface area (Å²) >= 11 is 1.92. The third-order valence-electron chi connectivity index (χ3n) is 2.48. The maximum absolute atomic E-state index is 11.7. The Morgan fingerprint density at radius 3 is 2.61 bits per heavy atom. The van der Waals surface area contributed by atoms with Gasteiger partial charge in [-0.3, -0.25) is 4.57 Å². The second kappa shape index (κ2) is 5.35. The van der Waals surface area contributed by atoms with Crippen molar-refractivity contribution in [1.29, 1.82) is 0 Å². The molecule has 1 aromatic heterocycles. The van der Waals surface area contributed by atoms with Crippen molar-refractivity contribution in [2.75, 3.05) is 14.2 Å². The lowest BCUT2D eigenvalue weighted by Gasteiger charge is -2.06. The van der Waals surface area contributed by atoms with Gasteiger partial charge in [-0.1, -0.05) is 5.92 Å². The molecule has 0 aliphatic rings. The van der Waals surface area contributed by atoms with Gasteiger partial charge in [0.15, 0.2) is 17.1 Å². The summed E-state index contributed by atoms with van der Waals surface area (Å²) in [6, 6.07) is 3.33. The molecule has 0 radical (unpaired) electrons. The number of hydrogen-bond acceptors (Lipinski definition) is 4. The monoisotopic (exact) mass is 359 g/mol. The van der Waals surface area contributed by atoms with Gasteiger partial charge in [0.25, 0.3) is 0 Å². The minimum atomic E-state index is -0.445. The van der Waals surface area contributed by atoms with Gasteiger partial charge in [-0.2, -0.15) is 0 Å². The van der Waals surface area contributed by atoms with Crippen molar-refractivity contribution in [2.24, 2.45) is 0 Å². The summed E-state index contributed by atoms with van der Waals surface area (Å²) in [4.78, 5) is 11.7. The minimum Gasteiger partial charge on any atom is -0.493 e. The summed E-state index contributed by atoms with van der Waals surface area (Å²) in [7, 11) is 3.07. The molecule has 94 valence electrons. The molecule has 0 unspecified atom stereocenters. The average molecular weight is 359 g/mol. The molecule has 1 aromatic carbocycles. The molecule has 0 N–H and O–H groups in total. The fourth-order valence-electron chi connectivity index (χ4n) is 1.65. The number of rotatable bonds is 3. The smallest absolute Gasteiger partial charge is 0.420 e. The van der Waals surface area contributed by atoms with Gasteiger partial charge in [-0.25, -0.2) is 4.79 Å². The lowest BCUT2D eigenvalue weighted by molar-refractivity contribution is 0.355. The Kier molecular flexibility index (Phi) is 3.81. The van der Waals surface area contributed by atoms with Crippen LogP contribution in [0.5, 0.6) is 11.5 Å². The van der Waals surface area contributed by atoms with E-state index in [-0.39, 0.29) is 6.54 Å². The number of fused-ring (bicyclic) bond motifs is 1. The van der Waals surface area contributed by atoms with Crippen LogP contribution in [-0.4, -0.2) is 18.8 Å². The van der Waals surface area contributed by atoms with Gasteiger partial charge in [-0.05, 0) is 3.93 Å². The zero-order valence-electron chi connectivity index (χ0n) is 9.82. The van der Waals surface area contributed by atoms with E-state index in [4.69, 9.17) is 13.9 Å². The van der Waals surface area contributed by atoms with Crippen LogP contribution in [0, 0.1) is 9.85 Å². The average Bonchev–Trinajstić information content (AvgIpc) is 2.69. The van der Waals surface area contributed by atoms with Crippen molar-refractivity contribution in [3.8, 4) is 21.3 Å². The Morgan fingerprint density at radius 1 is 1.33 bits per heavy atom. The maximum atomic E-state index is 11.7. The van der Waals surface area contributed by atoms with Crippen LogP contribution < -0.4 is 15.2 Å². The summed E-state index contributed by atoms with van der Waals surface area (Å²) in [6.45, 7) is 0.282. The summed E-state index contributed by atoms with van der Waals surface area (Å²) in [6.07, 6.45) is 0. The van der Waals surface area contributed by atoms with Gasteiger partial charge >= 0.3 is 5.76 Å². The molecule has 0 fully saturated rings.